The molecule has 61 heavy (non-hydrogen) atoms. The lowest BCUT2D eigenvalue weighted by atomic mass is 9.70. The first-order chi connectivity index (χ1) is 29.3. The Balaban J connectivity index is 0.000000848. The van der Waals surface area contributed by atoms with Crippen LogP contribution in [-0.4, -0.2) is 152 Å². The van der Waals surface area contributed by atoms with E-state index in [-0.39, 0.29) is 57.6 Å². The van der Waals surface area contributed by atoms with Crippen molar-refractivity contribution in [1.82, 2.24) is 40.7 Å². The van der Waals surface area contributed by atoms with Crippen molar-refractivity contribution in [3.8, 4) is 11.5 Å². The SMILES string of the molecule is CC.CCO/N=C(\C(=O)N[C@@H]1C(=O)N2C(c3nnnn3C)=C(C[N+]34CCC(CNC(=O)c5ccc(O)c(O)c5Cl)(CC3)CC4)CS[C@H]12)c1csc(N)n1.COC=O.COC=O.[HH]. The molecule has 4 fully saturated rings. The third-order valence-electron chi connectivity index (χ3n) is 10.5. The summed E-state index contributed by atoms with van der Waals surface area (Å²) < 4.78 is 10.1. The number of tetrazole rings is 1. The number of halogens is 1. The van der Waals surface area contributed by atoms with Crippen LogP contribution in [0.1, 0.15) is 63.3 Å². The van der Waals surface area contributed by atoms with Gasteiger partial charge >= 0.3 is 0 Å². The van der Waals surface area contributed by atoms with Crippen LogP contribution < -0.4 is 16.4 Å². The molecule has 5 aliphatic heterocycles. The summed E-state index contributed by atoms with van der Waals surface area (Å²) in [5, 5.41) is 43.0. The lowest BCUT2D eigenvalue weighted by molar-refractivity contribution is -0.941. The van der Waals surface area contributed by atoms with Crippen LogP contribution in [0.25, 0.3) is 5.70 Å². The molecule has 0 saturated carbocycles. The van der Waals surface area contributed by atoms with E-state index in [1.165, 1.54) is 37.7 Å². The van der Waals surface area contributed by atoms with Crippen molar-refractivity contribution >= 4 is 81.9 Å². The molecule has 0 spiro atoms. The van der Waals surface area contributed by atoms with E-state index >= 15 is 0 Å². The first-order valence-corrected chi connectivity index (χ1v) is 21.5. The van der Waals surface area contributed by atoms with Crippen molar-refractivity contribution in [2.24, 2.45) is 17.6 Å². The normalized spacial score (nSPS) is 22.3. The Kier molecular flexibility index (Phi) is 17.2. The maximum Gasteiger partial charge on any atom is 0.292 e. The smallest absolute Gasteiger partial charge is 0.292 e. The Morgan fingerprint density at radius 1 is 1.15 bits per heavy atom. The lowest BCUT2D eigenvalue weighted by Crippen LogP contribution is -2.70. The Hall–Kier alpha value is -5.52. The fourth-order valence-electron chi connectivity index (χ4n) is 7.32. The van der Waals surface area contributed by atoms with Gasteiger partial charge in [-0.15, -0.1) is 28.2 Å². The summed E-state index contributed by atoms with van der Waals surface area (Å²) in [6.07, 6.45) is 2.70. The van der Waals surface area contributed by atoms with Crippen molar-refractivity contribution in [1.29, 1.82) is 0 Å². The number of fused-ring (bicyclic) bond motifs is 4. The van der Waals surface area contributed by atoms with Gasteiger partial charge in [0.2, 0.25) is 0 Å². The van der Waals surface area contributed by atoms with E-state index in [1.807, 2.05) is 13.8 Å². The number of methoxy groups -OCH3 is 2. The molecule has 4 saturated heterocycles. The Morgan fingerprint density at radius 3 is 2.33 bits per heavy atom. The first-order valence-electron chi connectivity index (χ1n) is 19.2. The number of rotatable bonds is 13. The van der Waals surface area contributed by atoms with Gasteiger partial charge in [0.05, 0.1) is 50.1 Å². The predicted molar refractivity (Wildman–Crippen MR) is 228 cm³/mol. The van der Waals surface area contributed by atoms with E-state index in [2.05, 4.69) is 45.8 Å². The zero-order valence-electron chi connectivity index (χ0n) is 34.6. The highest BCUT2D eigenvalue weighted by atomic mass is 35.5. The molecule has 0 unspecified atom stereocenters. The number of hydrogen-bond acceptors (Lipinski definition) is 18. The van der Waals surface area contributed by atoms with Crippen molar-refractivity contribution in [3.63, 3.8) is 0 Å². The molecule has 2 aromatic heterocycles. The molecule has 21 nitrogen and oxygen atoms in total. The van der Waals surface area contributed by atoms with Crippen molar-refractivity contribution in [2.45, 2.75) is 51.4 Å². The standard InChI is InChI=1S/C31H36ClN11O6S2.2C2H4O2.C2H6.H2/c1-3-49-38-21(18-14-51-30(33)35-18)27(47)36-22-28(48)42-23(25-37-39-40-41(25)2)16(13-50-29(22)42)12-43-9-6-31(7-10-43,8-11-43)15-34-26(46)17-4-5-19(44)24(45)20(17)32;2*1-4-2-3;1-2;/h4-5,14,22,29H,3,6-13,15H2,1-2H3,(H5-,33,34,35,36,38,39,40,44,45,46,47);2*2H,1H3;1-2H3;1H/p+1/t22-,29-,31?,43?;;;;/m1..../s1. The molecule has 2 atom stereocenters. The van der Waals surface area contributed by atoms with Crippen LogP contribution in [0.15, 0.2) is 28.2 Å². The molecule has 334 valence electrons. The Morgan fingerprint density at radius 2 is 1.79 bits per heavy atom. The third kappa shape index (κ3) is 10.9. The van der Waals surface area contributed by atoms with Crippen LogP contribution in [0.5, 0.6) is 11.5 Å². The van der Waals surface area contributed by atoms with Crippen LogP contribution in [0.2, 0.25) is 5.02 Å². The number of aryl methyl sites for hydroxylation is 1. The monoisotopic (exact) mass is 910 g/mol. The summed E-state index contributed by atoms with van der Waals surface area (Å²) in [7, 11) is 4.36. The van der Waals surface area contributed by atoms with Gasteiger partial charge < -0.3 is 45.4 Å². The number of oxime groups is 1. The molecule has 2 bridgehead atoms. The number of nitrogen functional groups attached to an aromatic ring is 1. The van der Waals surface area contributed by atoms with Gasteiger partial charge in [-0.25, -0.2) is 9.67 Å². The predicted octanol–water partition coefficient (Wildman–Crippen LogP) is 2.15. The molecule has 24 heteroatoms. The molecule has 3 aromatic rings. The molecule has 0 radical (unpaired) electrons. The van der Waals surface area contributed by atoms with E-state index in [1.54, 1.807) is 40.7 Å². The number of piperidine rings is 3. The van der Waals surface area contributed by atoms with Gasteiger partial charge in [-0.1, -0.05) is 30.6 Å². The largest absolute Gasteiger partial charge is 0.504 e. The summed E-state index contributed by atoms with van der Waals surface area (Å²) in [5.41, 5.74) is 7.78. The minimum atomic E-state index is -0.809. The summed E-state index contributed by atoms with van der Waals surface area (Å²) in [6, 6.07) is 1.83. The van der Waals surface area contributed by atoms with Gasteiger partial charge in [-0.2, -0.15) is 0 Å². The van der Waals surface area contributed by atoms with Crippen molar-refractivity contribution in [3.05, 3.63) is 45.2 Å². The highest BCUT2D eigenvalue weighted by Gasteiger charge is 2.56. The number of benzene rings is 1. The van der Waals surface area contributed by atoms with Gasteiger partial charge in [0.25, 0.3) is 30.7 Å². The molecule has 7 heterocycles. The van der Waals surface area contributed by atoms with Gasteiger partial charge in [-0.05, 0) is 29.5 Å². The first kappa shape index (κ1) is 48.1. The number of ether oxygens (including phenoxy) is 2. The fraction of sp³-hybridized carbons (Fsp3) is 0.514. The zero-order chi connectivity index (χ0) is 44.9. The second-order valence-electron chi connectivity index (χ2n) is 13.9. The average Bonchev–Trinajstić information content (AvgIpc) is 3.92. The number of aromatic hydroxyl groups is 2. The van der Waals surface area contributed by atoms with E-state index in [9.17, 15) is 24.6 Å². The zero-order valence-corrected chi connectivity index (χ0v) is 37.0. The van der Waals surface area contributed by atoms with Crippen LogP contribution >= 0.6 is 34.7 Å². The third-order valence-corrected chi connectivity index (χ3v) is 12.9. The highest BCUT2D eigenvalue weighted by molar-refractivity contribution is 8.00. The van der Waals surface area contributed by atoms with Gasteiger partial charge in [0, 0.05) is 56.4 Å². The van der Waals surface area contributed by atoms with Crippen LogP contribution in [-0.2, 0) is 40.5 Å². The van der Waals surface area contributed by atoms with E-state index in [0.717, 1.165) is 49.0 Å². The van der Waals surface area contributed by atoms with E-state index in [0.29, 0.717) is 43.3 Å². The number of anilines is 1. The maximum absolute atomic E-state index is 13.9. The maximum atomic E-state index is 13.9. The van der Waals surface area contributed by atoms with Gasteiger partial charge in [-0.3, -0.25) is 28.9 Å². The second-order valence-corrected chi connectivity index (χ2v) is 16.3. The number of phenols is 2. The molecule has 5 aliphatic rings. The fourth-order valence-corrected chi connectivity index (χ4v) is 9.45. The molecule has 8 rings (SSSR count). The van der Waals surface area contributed by atoms with E-state index in [4.69, 9.17) is 31.8 Å². The number of nitrogens with two attached hydrogens (primary N) is 1. The molecule has 1 aromatic carbocycles. The Bertz CT molecular complexity index is 2090. The molecule has 3 amide bonds. The second kappa shape index (κ2) is 21.8. The lowest BCUT2D eigenvalue weighted by Gasteiger charge is -2.56. The van der Waals surface area contributed by atoms with Crippen LogP contribution in [0.3, 0.4) is 0 Å². The quantitative estimate of drug-likeness (QED) is 0.0410. The minimum Gasteiger partial charge on any atom is -0.504 e. The summed E-state index contributed by atoms with van der Waals surface area (Å²) in [6.45, 7) is 10.6. The minimum absolute atomic E-state index is 0. The number of quaternary nitrogens is 1. The number of nitrogens with zero attached hydrogens (tertiary/aromatic N) is 8. The highest BCUT2D eigenvalue weighted by Crippen LogP contribution is 2.48. The number of thioether (sulfide) groups is 1. The number of aromatic nitrogens is 5. The number of nitrogens with one attached hydrogen (secondary N) is 2. The molecule has 0 aliphatic carbocycles. The van der Waals surface area contributed by atoms with Crippen LogP contribution in [0, 0.1) is 5.41 Å². The molecular formula is C37H53ClN11O10S2+. The number of phenolic OH excluding ortho intramolecular Hbond substituents is 2. The summed E-state index contributed by atoms with van der Waals surface area (Å²) in [4.78, 5) is 69.2. The summed E-state index contributed by atoms with van der Waals surface area (Å²) in [5.74, 6) is -1.07. The number of hydrogen-bond donors (Lipinski definition) is 5. The summed E-state index contributed by atoms with van der Waals surface area (Å²) >= 11 is 8.88. The number of carbonyl (C=O) groups excluding carboxylic acids is 5. The molecular weight excluding hydrogens is 858 g/mol. The topological polar surface area (TPSA) is 276 Å². The number of thiazole rings is 1. The van der Waals surface area contributed by atoms with Gasteiger partial charge in [0.1, 0.15) is 30.3 Å². The van der Waals surface area contributed by atoms with Crippen LogP contribution in [0.4, 0.5) is 5.13 Å². The average molecular weight is 911 g/mol. The number of amides is 3. The van der Waals surface area contributed by atoms with Crippen molar-refractivity contribution < 1.29 is 54.4 Å². The molecule has 6 N–H and O–H groups in total. The van der Waals surface area contributed by atoms with E-state index < -0.39 is 23.6 Å². The number of β-lactam (4-membered cyclic amide) rings is 1. The van der Waals surface area contributed by atoms with Gasteiger partial charge in [0.15, 0.2) is 28.2 Å². The Labute approximate surface area is 366 Å². The van der Waals surface area contributed by atoms with Crippen molar-refractivity contribution in [2.75, 3.05) is 65.0 Å². The number of carbonyl (C=O) groups is 5.